The number of phenols is 3. The fourth-order valence-electron chi connectivity index (χ4n) is 1.53. The number of benzene rings is 1. The average Bonchev–Trinajstić information content (AvgIpc) is 2.39. The minimum Gasteiger partial charge on any atom is -0.504 e. The average molecular weight is 272 g/mol. The summed E-state index contributed by atoms with van der Waals surface area (Å²) < 4.78 is 0. The van der Waals surface area contributed by atoms with Crippen LogP contribution in [0.3, 0.4) is 0 Å². The van der Waals surface area contributed by atoms with E-state index in [0.29, 0.717) is 6.29 Å². The number of aliphatic hydroxyl groups is 1. The third-order valence-electron chi connectivity index (χ3n) is 2.51. The summed E-state index contributed by atoms with van der Waals surface area (Å²) in [4.78, 5) is 10.6. The third kappa shape index (κ3) is 4.07. The van der Waals surface area contributed by atoms with Gasteiger partial charge in [-0.1, -0.05) is 6.07 Å². The number of aliphatic hydroxyl groups excluding tert-OH is 1. The molecule has 1 aromatic carbocycles. The molecule has 0 saturated carbocycles. The largest absolute Gasteiger partial charge is 0.504 e. The number of carbonyl (C=O) groups excluding carboxylic acids is 1. The molecule has 2 unspecified atom stereocenters. The van der Waals surface area contributed by atoms with E-state index in [1.807, 2.05) is 0 Å². The van der Waals surface area contributed by atoms with Crippen LogP contribution in [0.15, 0.2) is 12.1 Å². The van der Waals surface area contributed by atoms with E-state index in [4.69, 9.17) is 10.3 Å². The first kappa shape index (κ1) is 15.2. The van der Waals surface area contributed by atoms with E-state index >= 15 is 0 Å². The van der Waals surface area contributed by atoms with Crippen molar-refractivity contribution in [3.63, 3.8) is 0 Å². The van der Waals surface area contributed by atoms with Gasteiger partial charge in [-0.2, -0.15) is 0 Å². The molecule has 0 fully saturated rings. The fraction of sp³-hybridized carbons (Fsp3) is 0.364. The van der Waals surface area contributed by atoms with Gasteiger partial charge in [-0.05, 0) is 6.07 Å². The van der Waals surface area contributed by atoms with Gasteiger partial charge in [0.05, 0.1) is 6.04 Å². The van der Waals surface area contributed by atoms with Crippen LogP contribution in [0, 0.1) is 0 Å². The zero-order valence-corrected chi connectivity index (χ0v) is 9.95. The third-order valence-corrected chi connectivity index (χ3v) is 2.51. The molecule has 0 aliphatic carbocycles. The monoisotopic (exact) mass is 272 g/mol. The Morgan fingerprint density at radius 3 is 2.47 bits per heavy atom. The van der Waals surface area contributed by atoms with Crippen LogP contribution < -0.4 is 10.8 Å². The molecule has 0 saturated heterocycles. The maximum absolute atomic E-state index is 10.6. The normalized spacial score (nSPS) is 14.0. The Hall–Kier alpha value is -1.87. The Labute approximate surface area is 108 Å². The van der Waals surface area contributed by atoms with Crippen molar-refractivity contribution in [1.82, 2.24) is 10.8 Å². The summed E-state index contributed by atoms with van der Waals surface area (Å²) in [5.41, 5.74) is 1.98. The van der Waals surface area contributed by atoms with Gasteiger partial charge in [0.25, 0.3) is 0 Å². The van der Waals surface area contributed by atoms with Crippen LogP contribution in [-0.4, -0.2) is 50.7 Å². The number of nitrogens with one attached hydrogen (secondary N) is 2. The Morgan fingerprint density at radius 1 is 1.21 bits per heavy atom. The van der Waals surface area contributed by atoms with Crippen molar-refractivity contribution in [2.45, 2.75) is 18.7 Å². The van der Waals surface area contributed by atoms with Crippen molar-refractivity contribution in [3.8, 4) is 17.2 Å². The van der Waals surface area contributed by atoms with Crippen LogP contribution in [-0.2, 0) is 11.2 Å². The van der Waals surface area contributed by atoms with Crippen LogP contribution in [0.2, 0.25) is 0 Å². The van der Waals surface area contributed by atoms with Crippen molar-refractivity contribution >= 4 is 6.29 Å². The second-order valence-corrected chi connectivity index (χ2v) is 3.93. The van der Waals surface area contributed by atoms with Crippen LogP contribution in [0.4, 0.5) is 0 Å². The molecule has 0 spiro atoms. The Bertz CT molecular complexity index is 439. The van der Waals surface area contributed by atoms with Gasteiger partial charge in [0.15, 0.2) is 11.5 Å². The highest BCUT2D eigenvalue weighted by Crippen LogP contribution is 2.37. The highest BCUT2D eigenvalue weighted by Gasteiger charge is 2.17. The lowest BCUT2D eigenvalue weighted by Gasteiger charge is -2.18. The summed E-state index contributed by atoms with van der Waals surface area (Å²) >= 11 is 0. The quantitative estimate of drug-likeness (QED) is 0.142. The molecule has 0 bridgehead atoms. The second-order valence-electron chi connectivity index (χ2n) is 3.93. The minimum atomic E-state index is -1.18. The first-order valence-corrected chi connectivity index (χ1v) is 5.48. The standard InChI is InChI=1S/C11H16N2O6/c14-5-7(4-12-19)13-9(16)3-6-1-2-8(15)11(18)10(6)17/h1-2,5,7,9,12-13,15-19H,3-4H2. The number of phenolic OH excluding ortho intramolecular Hbond substituents is 3. The van der Waals surface area contributed by atoms with E-state index in [1.54, 1.807) is 5.48 Å². The summed E-state index contributed by atoms with van der Waals surface area (Å²) in [5, 5.41) is 48.6. The molecule has 7 N–H and O–H groups in total. The number of hydroxylamine groups is 1. The Balaban J connectivity index is 2.69. The summed E-state index contributed by atoms with van der Waals surface area (Å²) in [5.74, 6) is -1.68. The van der Waals surface area contributed by atoms with E-state index in [-0.39, 0.29) is 18.5 Å². The SMILES string of the molecule is O=CC(CNO)NC(O)Cc1ccc(O)c(O)c1O. The Morgan fingerprint density at radius 2 is 1.89 bits per heavy atom. The van der Waals surface area contributed by atoms with Crippen LogP contribution in [0.25, 0.3) is 0 Å². The first-order valence-electron chi connectivity index (χ1n) is 5.48. The van der Waals surface area contributed by atoms with Gasteiger partial charge >= 0.3 is 0 Å². The highest BCUT2D eigenvalue weighted by atomic mass is 16.5. The van der Waals surface area contributed by atoms with E-state index in [9.17, 15) is 20.1 Å². The van der Waals surface area contributed by atoms with Crippen molar-refractivity contribution in [2.75, 3.05) is 6.54 Å². The molecule has 0 amide bonds. The van der Waals surface area contributed by atoms with Gasteiger partial charge in [0.2, 0.25) is 5.75 Å². The molecule has 0 heterocycles. The summed E-state index contributed by atoms with van der Waals surface area (Å²) in [6.45, 7) is -0.0899. The lowest BCUT2D eigenvalue weighted by atomic mass is 10.1. The van der Waals surface area contributed by atoms with Crippen molar-refractivity contribution in [2.24, 2.45) is 0 Å². The van der Waals surface area contributed by atoms with Crippen LogP contribution in [0.1, 0.15) is 5.56 Å². The molecule has 2 atom stereocenters. The fourth-order valence-corrected chi connectivity index (χ4v) is 1.53. The van der Waals surface area contributed by atoms with Gasteiger partial charge in [-0.25, -0.2) is 5.48 Å². The molecule has 8 nitrogen and oxygen atoms in total. The Kier molecular flexibility index (Phi) is 5.52. The van der Waals surface area contributed by atoms with E-state index in [1.165, 1.54) is 12.1 Å². The van der Waals surface area contributed by atoms with Gasteiger partial charge in [0.1, 0.15) is 12.5 Å². The minimum absolute atomic E-state index is 0.0899. The predicted octanol–water partition coefficient (Wildman–Crippen LogP) is -1.20. The van der Waals surface area contributed by atoms with Crippen LogP contribution in [0.5, 0.6) is 17.2 Å². The van der Waals surface area contributed by atoms with Crippen molar-refractivity contribution in [3.05, 3.63) is 17.7 Å². The second kappa shape index (κ2) is 6.90. The molecule has 1 rings (SSSR count). The smallest absolute Gasteiger partial charge is 0.200 e. The zero-order valence-electron chi connectivity index (χ0n) is 9.95. The maximum atomic E-state index is 10.6. The number of aromatic hydroxyl groups is 3. The van der Waals surface area contributed by atoms with Gasteiger partial charge in [-0.15, -0.1) is 0 Å². The molecule has 0 aliphatic rings. The predicted molar refractivity (Wildman–Crippen MR) is 63.9 cm³/mol. The molecule has 19 heavy (non-hydrogen) atoms. The molecule has 106 valence electrons. The van der Waals surface area contributed by atoms with Gasteiger partial charge in [0, 0.05) is 18.5 Å². The van der Waals surface area contributed by atoms with E-state index < -0.39 is 29.5 Å². The molecule has 0 radical (unpaired) electrons. The van der Waals surface area contributed by atoms with Gasteiger partial charge < -0.3 is 30.4 Å². The molecular formula is C11H16N2O6. The summed E-state index contributed by atoms with van der Waals surface area (Å²) in [6.07, 6.45) is -0.783. The lowest BCUT2D eigenvalue weighted by Crippen LogP contribution is -2.45. The van der Waals surface area contributed by atoms with E-state index in [0.717, 1.165) is 0 Å². The number of aldehydes is 1. The van der Waals surface area contributed by atoms with E-state index in [2.05, 4.69) is 5.32 Å². The van der Waals surface area contributed by atoms with Crippen molar-refractivity contribution in [1.29, 1.82) is 0 Å². The molecule has 1 aromatic rings. The number of hydrogen-bond donors (Lipinski definition) is 7. The highest BCUT2D eigenvalue weighted by molar-refractivity contribution is 5.58. The van der Waals surface area contributed by atoms with Gasteiger partial charge in [-0.3, -0.25) is 5.32 Å². The lowest BCUT2D eigenvalue weighted by molar-refractivity contribution is -0.110. The molecule has 0 aromatic heterocycles. The van der Waals surface area contributed by atoms with Crippen LogP contribution >= 0.6 is 0 Å². The molecule has 0 aliphatic heterocycles. The number of rotatable bonds is 7. The maximum Gasteiger partial charge on any atom is 0.200 e. The van der Waals surface area contributed by atoms with Crippen molar-refractivity contribution < 1.29 is 30.4 Å². The number of hydrogen-bond acceptors (Lipinski definition) is 8. The topological polar surface area (TPSA) is 142 Å². The zero-order chi connectivity index (χ0) is 14.4. The summed E-state index contributed by atoms with van der Waals surface area (Å²) in [7, 11) is 0. The number of carbonyl (C=O) groups is 1. The summed E-state index contributed by atoms with van der Waals surface area (Å²) in [6, 6.07) is 1.69. The molecule has 8 heteroatoms. The first-order chi connectivity index (χ1) is 8.99. The molecular weight excluding hydrogens is 256 g/mol.